The molecule has 23 heavy (non-hydrogen) atoms. The van der Waals surface area contributed by atoms with Crippen LogP contribution in [0.2, 0.25) is 0 Å². The summed E-state index contributed by atoms with van der Waals surface area (Å²) in [5.41, 5.74) is 2.40. The van der Waals surface area contributed by atoms with E-state index in [1.165, 1.54) is 24.8 Å². The molecular formula is C19H26N2O2. The van der Waals surface area contributed by atoms with Crippen molar-refractivity contribution < 1.29 is 9.53 Å². The number of rotatable bonds is 2. The zero-order valence-corrected chi connectivity index (χ0v) is 13.7. The van der Waals surface area contributed by atoms with Crippen molar-refractivity contribution >= 4 is 11.6 Å². The average molecular weight is 314 g/mol. The van der Waals surface area contributed by atoms with Gasteiger partial charge >= 0.3 is 0 Å². The first-order valence-electron chi connectivity index (χ1n) is 9.05. The highest BCUT2D eigenvalue weighted by molar-refractivity contribution is 5.94. The molecule has 3 heterocycles. The van der Waals surface area contributed by atoms with E-state index in [4.69, 9.17) is 4.74 Å². The van der Waals surface area contributed by atoms with Crippen LogP contribution in [0.5, 0.6) is 0 Å². The van der Waals surface area contributed by atoms with Crippen molar-refractivity contribution in [3.05, 3.63) is 29.8 Å². The van der Waals surface area contributed by atoms with Gasteiger partial charge in [0.25, 0.3) is 0 Å². The first kappa shape index (κ1) is 15.2. The van der Waals surface area contributed by atoms with Gasteiger partial charge in [0.2, 0.25) is 5.91 Å². The molecule has 3 aliphatic rings. The van der Waals surface area contributed by atoms with Crippen LogP contribution in [-0.4, -0.2) is 42.6 Å². The third kappa shape index (κ3) is 3.15. The molecule has 2 atom stereocenters. The summed E-state index contributed by atoms with van der Waals surface area (Å²) >= 11 is 0. The Morgan fingerprint density at radius 3 is 2.96 bits per heavy atom. The van der Waals surface area contributed by atoms with E-state index < -0.39 is 0 Å². The predicted octanol–water partition coefficient (Wildman–Crippen LogP) is 2.96. The second-order valence-corrected chi connectivity index (χ2v) is 7.09. The quantitative estimate of drug-likeness (QED) is 0.841. The summed E-state index contributed by atoms with van der Waals surface area (Å²) in [6.45, 7) is 3.78. The van der Waals surface area contributed by atoms with Crippen molar-refractivity contribution in [1.29, 1.82) is 0 Å². The highest BCUT2D eigenvalue weighted by Crippen LogP contribution is 2.32. The van der Waals surface area contributed by atoms with Gasteiger partial charge in [-0.2, -0.15) is 0 Å². The molecule has 0 N–H and O–H groups in total. The highest BCUT2D eigenvalue weighted by Gasteiger charge is 2.34. The summed E-state index contributed by atoms with van der Waals surface area (Å²) in [6.07, 6.45) is 6.45. The molecule has 0 aliphatic carbocycles. The number of ether oxygens (including phenoxy) is 1. The normalized spacial score (nSPS) is 28.1. The van der Waals surface area contributed by atoms with E-state index in [1.807, 2.05) is 11.0 Å². The molecule has 2 fully saturated rings. The minimum Gasteiger partial charge on any atom is -0.378 e. The monoisotopic (exact) mass is 314 g/mol. The molecule has 124 valence electrons. The Balaban J connectivity index is 1.56. The van der Waals surface area contributed by atoms with Crippen molar-refractivity contribution in [2.45, 2.75) is 57.2 Å². The van der Waals surface area contributed by atoms with Crippen molar-refractivity contribution in [3.63, 3.8) is 0 Å². The largest absolute Gasteiger partial charge is 0.378 e. The molecule has 0 radical (unpaired) electrons. The van der Waals surface area contributed by atoms with E-state index in [2.05, 4.69) is 23.1 Å². The van der Waals surface area contributed by atoms with Crippen LogP contribution in [0.1, 0.15) is 44.1 Å². The van der Waals surface area contributed by atoms with Crippen LogP contribution in [0.3, 0.4) is 0 Å². The van der Waals surface area contributed by atoms with Crippen LogP contribution in [0.4, 0.5) is 5.69 Å². The highest BCUT2D eigenvalue weighted by atomic mass is 16.5. The molecule has 2 saturated heterocycles. The van der Waals surface area contributed by atoms with Crippen molar-refractivity contribution in [3.8, 4) is 0 Å². The maximum atomic E-state index is 13.0. The molecule has 0 saturated carbocycles. The number of benzene rings is 1. The van der Waals surface area contributed by atoms with E-state index in [0.717, 1.165) is 44.8 Å². The molecule has 4 rings (SSSR count). The van der Waals surface area contributed by atoms with Gasteiger partial charge in [-0.15, -0.1) is 0 Å². The van der Waals surface area contributed by atoms with Gasteiger partial charge in [-0.1, -0.05) is 18.2 Å². The number of fused-ring (bicyclic) bond motifs is 2. The Hall–Kier alpha value is -1.39. The summed E-state index contributed by atoms with van der Waals surface area (Å²) in [6, 6.07) is 8.93. The molecule has 1 aromatic carbocycles. The summed E-state index contributed by atoms with van der Waals surface area (Å²) in [5.74, 6) is 0.234. The van der Waals surface area contributed by atoms with Gasteiger partial charge in [0.05, 0.1) is 12.5 Å². The zero-order valence-electron chi connectivity index (χ0n) is 13.7. The summed E-state index contributed by atoms with van der Waals surface area (Å²) < 4.78 is 5.79. The molecule has 0 aromatic heterocycles. The summed E-state index contributed by atoms with van der Waals surface area (Å²) in [5, 5.41) is 0. The minimum absolute atomic E-state index is 0.117. The number of carbonyl (C=O) groups excluding carboxylic acids is 1. The number of hydrogen-bond acceptors (Lipinski definition) is 3. The number of carbonyl (C=O) groups is 1. The lowest BCUT2D eigenvalue weighted by Gasteiger charge is -2.29. The van der Waals surface area contributed by atoms with Crippen LogP contribution in [0, 0.1) is 0 Å². The molecular weight excluding hydrogens is 288 g/mol. The van der Waals surface area contributed by atoms with E-state index >= 15 is 0 Å². The Bertz CT molecular complexity index is 568. The second kappa shape index (κ2) is 6.62. The van der Waals surface area contributed by atoms with Gasteiger partial charge < -0.3 is 9.64 Å². The number of hydrogen-bond donors (Lipinski definition) is 0. The molecule has 1 aromatic rings. The Morgan fingerprint density at radius 1 is 1.17 bits per heavy atom. The van der Waals surface area contributed by atoms with E-state index in [0.29, 0.717) is 12.5 Å². The topological polar surface area (TPSA) is 32.8 Å². The van der Waals surface area contributed by atoms with Crippen molar-refractivity contribution in [1.82, 2.24) is 4.90 Å². The lowest BCUT2D eigenvalue weighted by atomic mass is 10.0. The number of anilines is 1. The van der Waals surface area contributed by atoms with Crippen LogP contribution >= 0.6 is 0 Å². The first-order chi connectivity index (χ1) is 11.3. The summed E-state index contributed by atoms with van der Waals surface area (Å²) in [4.78, 5) is 17.6. The molecule has 1 amide bonds. The van der Waals surface area contributed by atoms with Gasteiger partial charge in [-0.25, -0.2) is 0 Å². The number of para-hydroxylation sites is 1. The lowest BCUT2D eigenvalue weighted by Crippen LogP contribution is -2.42. The maximum Gasteiger partial charge on any atom is 0.229 e. The standard InChI is InChI=1S/C19H26N2O2/c22-19(12-17-8-3-4-11-23-17)21-14-16-7-5-10-20(16)13-15-6-1-2-9-18(15)21/h1-2,6,9,16-17H,3-5,7-8,10-14H2/t16-,17+/m0/s1. The smallest absolute Gasteiger partial charge is 0.229 e. The molecule has 4 nitrogen and oxygen atoms in total. The molecule has 0 unspecified atom stereocenters. The minimum atomic E-state index is 0.117. The third-order valence-corrected chi connectivity index (χ3v) is 5.53. The molecule has 3 aliphatic heterocycles. The van der Waals surface area contributed by atoms with Crippen LogP contribution < -0.4 is 4.90 Å². The van der Waals surface area contributed by atoms with E-state index in [1.54, 1.807) is 0 Å². The van der Waals surface area contributed by atoms with Crippen molar-refractivity contribution in [2.75, 3.05) is 24.6 Å². The molecule has 0 bridgehead atoms. The van der Waals surface area contributed by atoms with Crippen molar-refractivity contribution in [2.24, 2.45) is 0 Å². The predicted molar refractivity (Wildman–Crippen MR) is 90.4 cm³/mol. The van der Waals surface area contributed by atoms with Gasteiger partial charge in [0, 0.05) is 31.4 Å². The lowest BCUT2D eigenvalue weighted by molar-refractivity contribution is -0.122. The number of nitrogens with zero attached hydrogens (tertiary/aromatic N) is 2. The van der Waals surface area contributed by atoms with Gasteiger partial charge in [0.1, 0.15) is 0 Å². The second-order valence-electron chi connectivity index (χ2n) is 7.09. The fourth-order valence-corrected chi connectivity index (χ4v) is 4.26. The average Bonchev–Trinajstić information content (AvgIpc) is 2.95. The first-order valence-corrected chi connectivity index (χ1v) is 9.05. The maximum absolute atomic E-state index is 13.0. The van der Waals surface area contributed by atoms with Crippen LogP contribution in [0.15, 0.2) is 24.3 Å². The van der Waals surface area contributed by atoms with Crippen LogP contribution in [-0.2, 0) is 16.1 Å². The van der Waals surface area contributed by atoms with Gasteiger partial charge in [-0.3, -0.25) is 9.69 Å². The zero-order chi connectivity index (χ0) is 15.6. The van der Waals surface area contributed by atoms with E-state index in [-0.39, 0.29) is 12.0 Å². The third-order valence-electron chi connectivity index (χ3n) is 5.53. The SMILES string of the molecule is O=C(C[C@H]1CCCCO1)N1C[C@@H]2CCCN2Cc2ccccc21. The van der Waals surface area contributed by atoms with Gasteiger partial charge in [-0.05, 0) is 50.3 Å². The van der Waals surface area contributed by atoms with Crippen LogP contribution in [0.25, 0.3) is 0 Å². The Labute approximate surface area is 138 Å². The Morgan fingerprint density at radius 2 is 2.09 bits per heavy atom. The summed E-state index contributed by atoms with van der Waals surface area (Å²) in [7, 11) is 0. The molecule has 4 heteroatoms. The van der Waals surface area contributed by atoms with Gasteiger partial charge in [0.15, 0.2) is 0 Å². The van der Waals surface area contributed by atoms with E-state index in [9.17, 15) is 4.79 Å². The molecule has 0 spiro atoms. The Kier molecular flexibility index (Phi) is 4.36. The fourth-order valence-electron chi connectivity index (χ4n) is 4.26. The fraction of sp³-hybridized carbons (Fsp3) is 0.632. The number of amides is 1.